The van der Waals surface area contributed by atoms with Crippen LogP contribution in [0.25, 0.3) is 0 Å². The first-order chi connectivity index (χ1) is 9.73. The lowest BCUT2D eigenvalue weighted by atomic mass is 10.2. The summed E-state index contributed by atoms with van der Waals surface area (Å²) in [6.07, 6.45) is -0.646. The van der Waals surface area contributed by atoms with Crippen LogP contribution < -0.4 is 10.5 Å². The molecule has 0 bridgehead atoms. The van der Waals surface area contributed by atoms with E-state index in [9.17, 15) is 18.0 Å². The number of benzene rings is 1. The second kappa shape index (κ2) is 6.83. The molecule has 0 aliphatic carbocycles. The monoisotopic (exact) mass is 311 g/mol. The Kier molecular flexibility index (Phi) is 5.40. The number of carbonyl (C=O) groups is 2. The summed E-state index contributed by atoms with van der Waals surface area (Å²) in [7, 11) is -4.00. The zero-order valence-electron chi connectivity index (χ0n) is 10.8. The Balaban J connectivity index is 2.87. The van der Waals surface area contributed by atoms with Crippen LogP contribution in [0.5, 0.6) is 0 Å². The Morgan fingerprint density at radius 2 is 2.10 bits per heavy atom. The molecule has 0 aromatic heterocycles. The van der Waals surface area contributed by atoms with Crippen LogP contribution in [0.4, 0.5) is 0 Å². The standard InChI is InChI=1S/C12H13N3O5S/c13-6-8-2-1-3-9(4-8)7-21(19,20)15-10(12(17)18)5-11(14)16/h1-4,10,15H,5,7H2,(H2,14,16)(H,17,18)/t10-/m0/s1. The minimum Gasteiger partial charge on any atom is -0.480 e. The smallest absolute Gasteiger partial charge is 0.322 e. The van der Waals surface area contributed by atoms with Gasteiger partial charge in [0.15, 0.2) is 0 Å². The van der Waals surface area contributed by atoms with Crippen LogP contribution in [0.3, 0.4) is 0 Å². The zero-order chi connectivity index (χ0) is 16.0. The van der Waals surface area contributed by atoms with Gasteiger partial charge in [0.2, 0.25) is 15.9 Å². The van der Waals surface area contributed by atoms with Crippen LogP contribution in [0.2, 0.25) is 0 Å². The van der Waals surface area contributed by atoms with Crippen molar-refractivity contribution in [2.45, 2.75) is 18.2 Å². The molecule has 1 aromatic carbocycles. The topological polar surface area (TPSA) is 150 Å². The quantitative estimate of drug-likeness (QED) is 0.606. The lowest BCUT2D eigenvalue weighted by molar-refractivity contribution is -0.140. The number of nitriles is 1. The third-order valence-electron chi connectivity index (χ3n) is 2.44. The Morgan fingerprint density at radius 1 is 1.43 bits per heavy atom. The van der Waals surface area contributed by atoms with Gasteiger partial charge in [-0.2, -0.15) is 5.26 Å². The molecule has 8 nitrogen and oxygen atoms in total. The van der Waals surface area contributed by atoms with Crippen molar-refractivity contribution in [2.24, 2.45) is 5.73 Å². The average Bonchev–Trinajstić information content (AvgIpc) is 2.36. The van der Waals surface area contributed by atoms with Crippen molar-refractivity contribution in [3.8, 4) is 6.07 Å². The molecule has 0 saturated carbocycles. The fraction of sp³-hybridized carbons (Fsp3) is 0.250. The van der Waals surface area contributed by atoms with Gasteiger partial charge in [0.05, 0.1) is 23.8 Å². The molecule has 4 N–H and O–H groups in total. The highest BCUT2D eigenvalue weighted by Gasteiger charge is 2.25. The highest BCUT2D eigenvalue weighted by molar-refractivity contribution is 7.88. The molecule has 21 heavy (non-hydrogen) atoms. The van der Waals surface area contributed by atoms with Gasteiger partial charge in [-0.15, -0.1) is 0 Å². The van der Waals surface area contributed by atoms with Crippen LogP contribution >= 0.6 is 0 Å². The molecule has 112 valence electrons. The van der Waals surface area contributed by atoms with Crippen molar-refractivity contribution in [1.29, 1.82) is 5.26 Å². The van der Waals surface area contributed by atoms with Gasteiger partial charge in [-0.3, -0.25) is 9.59 Å². The maximum atomic E-state index is 11.9. The predicted molar refractivity (Wildman–Crippen MR) is 72.2 cm³/mol. The molecule has 1 aromatic rings. The second-order valence-corrected chi connectivity index (χ2v) is 6.00. The maximum Gasteiger partial charge on any atom is 0.322 e. The van der Waals surface area contributed by atoms with E-state index in [4.69, 9.17) is 16.1 Å². The number of hydrogen-bond acceptors (Lipinski definition) is 5. The Hall–Kier alpha value is -2.44. The normalized spacial score (nSPS) is 12.3. The number of primary amides is 1. The molecule has 0 aliphatic heterocycles. The van der Waals surface area contributed by atoms with E-state index in [1.807, 2.05) is 10.8 Å². The van der Waals surface area contributed by atoms with Crippen molar-refractivity contribution >= 4 is 21.9 Å². The second-order valence-electron chi connectivity index (χ2n) is 4.25. The number of sulfonamides is 1. The summed E-state index contributed by atoms with van der Waals surface area (Å²) in [4.78, 5) is 21.6. The summed E-state index contributed by atoms with van der Waals surface area (Å²) in [5.74, 6) is -2.94. The summed E-state index contributed by atoms with van der Waals surface area (Å²) in [6, 6.07) is 6.14. The number of carbonyl (C=O) groups excluding carboxylic acids is 1. The maximum absolute atomic E-state index is 11.9. The molecule has 0 unspecified atom stereocenters. The first-order valence-corrected chi connectivity index (χ1v) is 7.39. The fourth-order valence-corrected chi connectivity index (χ4v) is 2.91. The molecule has 1 atom stereocenters. The fourth-order valence-electron chi connectivity index (χ4n) is 1.59. The SMILES string of the molecule is N#Cc1cccc(CS(=O)(=O)N[C@@H](CC(N)=O)C(=O)O)c1. The minimum atomic E-state index is -4.00. The molecule has 1 amide bonds. The van der Waals surface area contributed by atoms with E-state index in [2.05, 4.69) is 0 Å². The lowest BCUT2D eigenvalue weighted by Gasteiger charge is -2.13. The van der Waals surface area contributed by atoms with Crippen molar-refractivity contribution in [3.63, 3.8) is 0 Å². The number of nitrogens with zero attached hydrogens (tertiary/aromatic N) is 1. The van der Waals surface area contributed by atoms with Crippen LogP contribution in [0, 0.1) is 11.3 Å². The van der Waals surface area contributed by atoms with Gasteiger partial charge in [0.1, 0.15) is 6.04 Å². The van der Waals surface area contributed by atoms with Gasteiger partial charge in [-0.05, 0) is 17.7 Å². The van der Waals surface area contributed by atoms with E-state index in [1.54, 1.807) is 0 Å². The Bertz CT molecular complexity index is 693. The van der Waals surface area contributed by atoms with E-state index < -0.39 is 40.1 Å². The molecular weight excluding hydrogens is 298 g/mol. The first kappa shape index (κ1) is 16.6. The van der Waals surface area contributed by atoms with Gasteiger partial charge >= 0.3 is 5.97 Å². The molecule has 1 rings (SSSR count). The number of amides is 1. The zero-order valence-corrected chi connectivity index (χ0v) is 11.6. The molecule has 0 fully saturated rings. The van der Waals surface area contributed by atoms with Crippen molar-refractivity contribution in [1.82, 2.24) is 4.72 Å². The molecule has 9 heteroatoms. The van der Waals surface area contributed by atoms with Gasteiger partial charge in [0, 0.05) is 0 Å². The van der Waals surface area contributed by atoms with Crippen molar-refractivity contribution in [3.05, 3.63) is 35.4 Å². The Labute approximate surface area is 121 Å². The third kappa shape index (κ3) is 5.60. The number of hydrogen-bond donors (Lipinski definition) is 3. The highest BCUT2D eigenvalue weighted by Crippen LogP contribution is 2.09. The summed E-state index contributed by atoms with van der Waals surface area (Å²) in [6.45, 7) is 0. The van der Waals surface area contributed by atoms with E-state index in [0.29, 0.717) is 5.56 Å². The van der Waals surface area contributed by atoms with Gasteiger partial charge < -0.3 is 10.8 Å². The summed E-state index contributed by atoms with van der Waals surface area (Å²) < 4.78 is 25.7. The van der Waals surface area contributed by atoms with Crippen molar-refractivity contribution < 1.29 is 23.1 Å². The van der Waals surface area contributed by atoms with E-state index >= 15 is 0 Å². The van der Waals surface area contributed by atoms with E-state index in [1.165, 1.54) is 24.3 Å². The molecule has 0 heterocycles. The number of carboxylic acid groups (broad SMARTS) is 1. The van der Waals surface area contributed by atoms with Gasteiger partial charge in [-0.1, -0.05) is 12.1 Å². The van der Waals surface area contributed by atoms with Crippen LogP contribution in [0.1, 0.15) is 17.5 Å². The van der Waals surface area contributed by atoms with Crippen LogP contribution in [-0.2, 0) is 25.4 Å². The molecule has 0 aliphatic rings. The minimum absolute atomic E-state index is 0.287. The number of carboxylic acids is 1. The molecule has 0 spiro atoms. The van der Waals surface area contributed by atoms with Crippen LogP contribution in [0.15, 0.2) is 24.3 Å². The Morgan fingerprint density at radius 3 is 2.62 bits per heavy atom. The summed E-state index contributed by atoms with van der Waals surface area (Å²) in [5, 5.41) is 17.6. The summed E-state index contributed by atoms with van der Waals surface area (Å²) >= 11 is 0. The van der Waals surface area contributed by atoms with E-state index in [-0.39, 0.29) is 5.56 Å². The first-order valence-electron chi connectivity index (χ1n) is 5.73. The molecular formula is C12H13N3O5S. The highest BCUT2D eigenvalue weighted by atomic mass is 32.2. The average molecular weight is 311 g/mol. The van der Waals surface area contributed by atoms with Gasteiger partial charge in [-0.25, -0.2) is 13.1 Å². The lowest BCUT2D eigenvalue weighted by Crippen LogP contribution is -2.43. The summed E-state index contributed by atoms with van der Waals surface area (Å²) in [5.41, 5.74) is 5.48. The number of nitrogens with one attached hydrogen (secondary N) is 1. The number of aliphatic carboxylic acids is 1. The van der Waals surface area contributed by atoms with Crippen LogP contribution in [-0.4, -0.2) is 31.4 Å². The number of rotatable bonds is 7. The number of nitrogens with two attached hydrogens (primary N) is 1. The third-order valence-corrected chi connectivity index (χ3v) is 3.79. The van der Waals surface area contributed by atoms with Crippen molar-refractivity contribution in [2.75, 3.05) is 0 Å². The van der Waals surface area contributed by atoms with Gasteiger partial charge in [0.25, 0.3) is 0 Å². The molecule has 0 radical (unpaired) electrons. The predicted octanol–water partition coefficient (Wildman–Crippen LogP) is -0.694. The largest absolute Gasteiger partial charge is 0.480 e. The molecule has 0 saturated heterocycles. The van der Waals surface area contributed by atoms with E-state index in [0.717, 1.165) is 0 Å².